The fourth-order valence-electron chi connectivity index (χ4n) is 1.84. The molecule has 0 radical (unpaired) electrons. The van der Waals surface area contributed by atoms with Gasteiger partial charge in [-0.3, -0.25) is 0 Å². The lowest BCUT2D eigenvalue weighted by molar-refractivity contribution is 0.637. The van der Waals surface area contributed by atoms with Crippen LogP contribution in [0, 0.1) is 0 Å². The van der Waals surface area contributed by atoms with Gasteiger partial charge in [0, 0.05) is 12.1 Å². The predicted octanol–water partition coefficient (Wildman–Crippen LogP) is 2.34. The van der Waals surface area contributed by atoms with Crippen LogP contribution in [0.1, 0.15) is 19.3 Å². The van der Waals surface area contributed by atoms with Crippen LogP contribution in [0.5, 0.6) is 0 Å². The Hall–Kier alpha value is -0.580. The van der Waals surface area contributed by atoms with Crippen LogP contribution in [0.15, 0.2) is 6.07 Å². The fourth-order valence-corrected chi connectivity index (χ4v) is 2.13. The molecule has 1 saturated heterocycles. The summed E-state index contributed by atoms with van der Waals surface area (Å²) in [6, 6.07) is 2.14. The van der Waals surface area contributed by atoms with Crippen molar-refractivity contribution in [2.45, 2.75) is 25.3 Å². The molecule has 1 aliphatic rings. The molecule has 6 heteroatoms. The molecular weight excluding hydrogens is 247 g/mol. The van der Waals surface area contributed by atoms with Crippen molar-refractivity contribution < 1.29 is 0 Å². The average Bonchev–Trinajstić information content (AvgIpc) is 2.52. The second-order valence-corrected chi connectivity index (χ2v) is 4.64. The molecule has 2 rings (SSSR count). The SMILES string of the molecule is Clc1cc(NC2CCCNCC2)c(Cl)nn1. The number of nitrogens with one attached hydrogen (secondary N) is 2. The zero-order valence-corrected chi connectivity index (χ0v) is 10.4. The van der Waals surface area contributed by atoms with Gasteiger partial charge in [0.15, 0.2) is 10.3 Å². The lowest BCUT2D eigenvalue weighted by Crippen LogP contribution is -2.21. The van der Waals surface area contributed by atoms with Crippen LogP contribution in [0.4, 0.5) is 5.69 Å². The molecule has 0 aliphatic carbocycles. The van der Waals surface area contributed by atoms with E-state index in [9.17, 15) is 0 Å². The van der Waals surface area contributed by atoms with Gasteiger partial charge in [0.1, 0.15) is 0 Å². The van der Waals surface area contributed by atoms with Gasteiger partial charge in [-0.2, -0.15) is 0 Å². The van der Waals surface area contributed by atoms with Crippen molar-refractivity contribution in [3.05, 3.63) is 16.4 Å². The molecule has 0 aromatic carbocycles. The van der Waals surface area contributed by atoms with Gasteiger partial charge in [0.25, 0.3) is 0 Å². The van der Waals surface area contributed by atoms with Gasteiger partial charge in [0.05, 0.1) is 5.69 Å². The highest BCUT2D eigenvalue weighted by molar-refractivity contribution is 6.33. The van der Waals surface area contributed by atoms with E-state index in [1.807, 2.05) is 0 Å². The number of anilines is 1. The Labute approximate surface area is 105 Å². The number of aromatic nitrogens is 2. The molecule has 1 aliphatic heterocycles. The van der Waals surface area contributed by atoms with Crippen molar-refractivity contribution in [2.24, 2.45) is 0 Å². The third kappa shape index (κ3) is 3.20. The minimum Gasteiger partial charge on any atom is -0.380 e. The Kier molecular flexibility index (Phi) is 4.21. The van der Waals surface area contributed by atoms with Gasteiger partial charge in [0.2, 0.25) is 0 Å². The molecule has 1 atom stereocenters. The highest BCUT2D eigenvalue weighted by Gasteiger charge is 2.13. The molecule has 1 fully saturated rings. The van der Waals surface area contributed by atoms with Gasteiger partial charge < -0.3 is 10.6 Å². The number of hydrogen-bond acceptors (Lipinski definition) is 4. The van der Waals surface area contributed by atoms with E-state index in [1.54, 1.807) is 6.07 Å². The Bertz CT molecular complexity index is 351. The molecule has 0 bridgehead atoms. The van der Waals surface area contributed by atoms with Crippen LogP contribution < -0.4 is 10.6 Å². The van der Waals surface area contributed by atoms with E-state index in [0.717, 1.165) is 31.6 Å². The predicted molar refractivity (Wildman–Crippen MR) is 66.2 cm³/mol. The van der Waals surface area contributed by atoms with E-state index in [0.29, 0.717) is 16.3 Å². The molecule has 1 unspecified atom stereocenters. The maximum Gasteiger partial charge on any atom is 0.174 e. The van der Waals surface area contributed by atoms with Crippen LogP contribution in [0.3, 0.4) is 0 Å². The second-order valence-electron chi connectivity index (χ2n) is 3.89. The standard InChI is InChI=1S/C10H14Cl2N4/c11-9-6-8(10(12)16-15-9)14-7-2-1-4-13-5-3-7/h6-7,13H,1-5H2,(H,14,15). The van der Waals surface area contributed by atoms with E-state index in [2.05, 4.69) is 20.8 Å². The van der Waals surface area contributed by atoms with Crippen molar-refractivity contribution in [3.8, 4) is 0 Å². The Morgan fingerprint density at radius 1 is 1.25 bits per heavy atom. The average molecular weight is 261 g/mol. The van der Waals surface area contributed by atoms with Crippen LogP contribution in [-0.4, -0.2) is 29.3 Å². The maximum atomic E-state index is 5.95. The van der Waals surface area contributed by atoms with E-state index in [4.69, 9.17) is 23.2 Å². The quantitative estimate of drug-likeness (QED) is 0.857. The third-order valence-corrected chi connectivity index (χ3v) is 3.12. The zero-order valence-electron chi connectivity index (χ0n) is 8.84. The summed E-state index contributed by atoms with van der Waals surface area (Å²) in [6.45, 7) is 2.11. The first-order valence-electron chi connectivity index (χ1n) is 5.41. The highest BCUT2D eigenvalue weighted by atomic mass is 35.5. The molecule has 2 N–H and O–H groups in total. The van der Waals surface area contributed by atoms with E-state index in [1.165, 1.54) is 6.42 Å². The van der Waals surface area contributed by atoms with Crippen LogP contribution in [0.25, 0.3) is 0 Å². The molecule has 1 aromatic rings. The molecule has 16 heavy (non-hydrogen) atoms. The van der Waals surface area contributed by atoms with Crippen molar-refractivity contribution in [1.29, 1.82) is 0 Å². The molecule has 1 aromatic heterocycles. The fraction of sp³-hybridized carbons (Fsp3) is 0.600. The number of hydrogen-bond donors (Lipinski definition) is 2. The van der Waals surface area contributed by atoms with Crippen molar-refractivity contribution >= 4 is 28.9 Å². The smallest absolute Gasteiger partial charge is 0.174 e. The first-order valence-corrected chi connectivity index (χ1v) is 6.17. The van der Waals surface area contributed by atoms with Gasteiger partial charge >= 0.3 is 0 Å². The van der Waals surface area contributed by atoms with Crippen LogP contribution in [0.2, 0.25) is 10.3 Å². The normalized spacial score (nSPS) is 21.5. The maximum absolute atomic E-state index is 5.95. The van der Waals surface area contributed by atoms with Gasteiger partial charge in [-0.1, -0.05) is 23.2 Å². The summed E-state index contributed by atoms with van der Waals surface area (Å²) in [4.78, 5) is 0. The lowest BCUT2D eigenvalue weighted by atomic mass is 10.1. The largest absolute Gasteiger partial charge is 0.380 e. The van der Waals surface area contributed by atoms with Gasteiger partial charge in [-0.25, -0.2) is 0 Å². The topological polar surface area (TPSA) is 49.8 Å². The molecule has 0 saturated carbocycles. The molecule has 0 amide bonds. The zero-order chi connectivity index (χ0) is 11.4. The van der Waals surface area contributed by atoms with Crippen molar-refractivity contribution in [1.82, 2.24) is 15.5 Å². The molecule has 88 valence electrons. The number of nitrogens with zero attached hydrogens (tertiary/aromatic N) is 2. The summed E-state index contributed by atoms with van der Waals surface area (Å²) in [5.74, 6) is 0. The van der Waals surface area contributed by atoms with Crippen LogP contribution in [-0.2, 0) is 0 Å². The van der Waals surface area contributed by atoms with E-state index in [-0.39, 0.29) is 0 Å². The van der Waals surface area contributed by atoms with Crippen molar-refractivity contribution in [3.63, 3.8) is 0 Å². The summed E-state index contributed by atoms with van der Waals surface area (Å²) in [5, 5.41) is 14.9. The summed E-state index contributed by atoms with van der Waals surface area (Å²) < 4.78 is 0. The van der Waals surface area contributed by atoms with E-state index < -0.39 is 0 Å². The minimum absolute atomic E-state index is 0.360. The van der Waals surface area contributed by atoms with Crippen LogP contribution >= 0.6 is 23.2 Å². The van der Waals surface area contributed by atoms with Gasteiger partial charge in [-0.15, -0.1) is 10.2 Å². The third-order valence-electron chi connectivity index (χ3n) is 2.65. The molecule has 0 spiro atoms. The van der Waals surface area contributed by atoms with E-state index >= 15 is 0 Å². The van der Waals surface area contributed by atoms with Crippen molar-refractivity contribution in [2.75, 3.05) is 18.4 Å². The molecule has 4 nitrogen and oxygen atoms in total. The summed E-state index contributed by atoms with van der Waals surface area (Å²) in [7, 11) is 0. The first-order chi connectivity index (χ1) is 7.75. The monoisotopic (exact) mass is 260 g/mol. The lowest BCUT2D eigenvalue weighted by Gasteiger charge is -2.17. The Morgan fingerprint density at radius 3 is 3.00 bits per heavy atom. The first kappa shape index (κ1) is 11.9. The Morgan fingerprint density at radius 2 is 2.12 bits per heavy atom. The number of halogens is 2. The summed E-state index contributed by atoms with van der Waals surface area (Å²) in [6.07, 6.45) is 3.38. The molecule has 2 heterocycles. The second kappa shape index (κ2) is 5.66. The molecular formula is C10H14Cl2N4. The summed E-state index contributed by atoms with van der Waals surface area (Å²) in [5.41, 5.74) is 0.772. The minimum atomic E-state index is 0.360. The highest BCUT2D eigenvalue weighted by Crippen LogP contribution is 2.23. The Balaban J connectivity index is 2.04. The number of rotatable bonds is 2. The van der Waals surface area contributed by atoms with Gasteiger partial charge in [-0.05, 0) is 32.4 Å². The summed E-state index contributed by atoms with van der Waals surface area (Å²) >= 11 is 11.7.